The van der Waals surface area contributed by atoms with Crippen molar-refractivity contribution in [2.75, 3.05) is 19.6 Å². The first-order valence-electron chi connectivity index (χ1n) is 5.63. The first kappa shape index (κ1) is 13.9. The van der Waals surface area contributed by atoms with Crippen LogP contribution in [0.25, 0.3) is 0 Å². The van der Waals surface area contributed by atoms with E-state index < -0.39 is 12.0 Å². The van der Waals surface area contributed by atoms with Crippen molar-refractivity contribution in [2.45, 2.75) is 19.8 Å². The molecule has 0 saturated heterocycles. The second kappa shape index (κ2) is 7.25. The predicted molar refractivity (Wildman–Crippen MR) is 60.9 cm³/mol. The fourth-order valence-corrected chi connectivity index (χ4v) is 1.38. The number of carboxylic acids is 1. The molecule has 0 spiro atoms. The summed E-state index contributed by atoms with van der Waals surface area (Å²) in [5.74, 6) is -0.605. The van der Waals surface area contributed by atoms with E-state index in [0.717, 1.165) is 0 Å². The van der Waals surface area contributed by atoms with Crippen LogP contribution in [0.15, 0.2) is 10.9 Å². The van der Waals surface area contributed by atoms with Crippen LogP contribution >= 0.6 is 0 Å². The van der Waals surface area contributed by atoms with Crippen LogP contribution in [-0.2, 0) is 11.2 Å². The van der Waals surface area contributed by atoms with Gasteiger partial charge in [0.25, 0.3) is 0 Å². The highest BCUT2D eigenvalue weighted by atomic mass is 16.5. The minimum absolute atomic E-state index is 0.305. The van der Waals surface area contributed by atoms with Gasteiger partial charge in [-0.25, -0.2) is 4.79 Å². The van der Waals surface area contributed by atoms with Crippen LogP contribution in [0, 0.1) is 0 Å². The Morgan fingerprint density at radius 1 is 1.56 bits per heavy atom. The number of carbonyl (C=O) groups excluding carboxylic acids is 1. The molecule has 0 bridgehead atoms. The van der Waals surface area contributed by atoms with Gasteiger partial charge in [-0.2, -0.15) is 4.98 Å². The zero-order valence-corrected chi connectivity index (χ0v) is 10.1. The molecule has 1 rings (SSSR count). The van der Waals surface area contributed by atoms with E-state index >= 15 is 0 Å². The standard InChI is InChI=1S/C10H16N4O4/c1-2-5-14(6-9(15)16)10(17)11-4-3-8-12-7-13-18-8/h7H,2-6H2,1H3,(H,11,17)(H,15,16). The Kier molecular flexibility index (Phi) is 5.62. The van der Waals surface area contributed by atoms with Crippen molar-refractivity contribution in [3.8, 4) is 0 Å². The van der Waals surface area contributed by atoms with Crippen molar-refractivity contribution in [1.29, 1.82) is 0 Å². The Morgan fingerprint density at radius 3 is 2.89 bits per heavy atom. The molecule has 0 aliphatic rings. The average Bonchev–Trinajstić information content (AvgIpc) is 2.81. The first-order chi connectivity index (χ1) is 8.63. The van der Waals surface area contributed by atoms with Gasteiger partial charge in [-0.3, -0.25) is 4.79 Å². The van der Waals surface area contributed by atoms with Gasteiger partial charge < -0.3 is 19.8 Å². The molecule has 0 aromatic carbocycles. The van der Waals surface area contributed by atoms with Crippen molar-refractivity contribution < 1.29 is 19.2 Å². The number of carbonyl (C=O) groups is 2. The topological polar surface area (TPSA) is 109 Å². The summed E-state index contributed by atoms with van der Waals surface area (Å²) in [6, 6.07) is -0.404. The van der Waals surface area contributed by atoms with Crippen LogP contribution in [0.5, 0.6) is 0 Å². The highest BCUT2D eigenvalue weighted by Crippen LogP contribution is 1.94. The summed E-state index contributed by atoms with van der Waals surface area (Å²) < 4.78 is 4.77. The number of aromatic nitrogens is 2. The lowest BCUT2D eigenvalue weighted by Crippen LogP contribution is -2.43. The number of amides is 2. The van der Waals surface area contributed by atoms with Crippen LogP contribution in [0.4, 0.5) is 4.79 Å². The Hall–Kier alpha value is -2.12. The molecule has 0 saturated carbocycles. The molecule has 0 unspecified atom stereocenters. The van der Waals surface area contributed by atoms with Crippen molar-refractivity contribution in [2.24, 2.45) is 0 Å². The summed E-state index contributed by atoms with van der Waals surface area (Å²) in [6.07, 6.45) is 2.40. The minimum atomic E-state index is -1.03. The Morgan fingerprint density at radius 2 is 2.33 bits per heavy atom. The largest absolute Gasteiger partial charge is 0.480 e. The van der Waals surface area contributed by atoms with Gasteiger partial charge in [0.2, 0.25) is 5.89 Å². The molecule has 2 amide bonds. The number of nitrogens with zero attached hydrogens (tertiary/aromatic N) is 3. The molecular formula is C10H16N4O4. The Bertz CT molecular complexity index is 379. The summed E-state index contributed by atoms with van der Waals surface area (Å²) in [6.45, 7) is 2.29. The monoisotopic (exact) mass is 256 g/mol. The van der Waals surface area contributed by atoms with Gasteiger partial charge in [0.1, 0.15) is 6.54 Å². The molecule has 1 aromatic rings. The smallest absolute Gasteiger partial charge is 0.323 e. The van der Waals surface area contributed by atoms with Crippen molar-refractivity contribution >= 4 is 12.0 Å². The van der Waals surface area contributed by atoms with E-state index in [9.17, 15) is 9.59 Å². The Labute approximate surface area is 104 Å². The molecule has 0 atom stereocenters. The molecule has 0 aliphatic carbocycles. The zero-order valence-electron chi connectivity index (χ0n) is 10.1. The summed E-state index contributed by atoms with van der Waals surface area (Å²) in [5, 5.41) is 14.7. The number of rotatable bonds is 7. The van der Waals surface area contributed by atoms with E-state index in [-0.39, 0.29) is 6.54 Å². The minimum Gasteiger partial charge on any atom is -0.480 e. The average molecular weight is 256 g/mol. The lowest BCUT2D eigenvalue weighted by molar-refractivity contribution is -0.137. The third kappa shape index (κ3) is 4.81. The first-order valence-corrected chi connectivity index (χ1v) is 5.63. The highest BCUT2D eigenvalue weighted by molar-refractivity contribution is 5.80. The lowest BCUT2D eigenvalue weighted by atomic mass is 10.4. The fourth-order valence-electron chi connectivity index (χ4n) is 1.38. The Balaban J connectivity index is 2.34. The quantitative estimate of drug-likeness (QED) is 0.717. The molecule has 0 aliphatic heterocycles. The van der Waals surface area contributed by atoms with Crippen LogP contribution < -0.4 is 5.32 Å². The molecule has 8 nitrogen and oxygen atoms in total. The third-order valence-electron chi connectivity index (χ3n) is 2.13. The van der Waals surface area contributed by atoms with E-state index in [1.165, 1.54) is 11.2 Å². The fraction of sp³-hybridized carbons (Fsp3) is 0.600. The molecule has 0 fully saturated rings. The molecule has 2 N–H and O–H groups in total. The SMILES string of the molecule is CCCN(CC(=O)O)C(=O)NCCc1ncno1. The molecule has 100 valence electrons. The van der Waals surface area contributed by atoms with E-state index in [1.54, 1.807) is 0 Å². The van der Waals surface area contributed by atoms with Crippen molar-refractivity contribution in [3.63, 3.8) is 0 Å². The van der Waals surface area contributed by atoms with Gasteiger partial charge >= 0.3 is 12.0 Å². The molecule has 0 radical (unpaired) electrons. The van der Waals surface area contributed by atoms with E-state index in [4.69, 9.17) is 9.63 Å². The maximum Gasteiger partial charge on any atom is 0.323 e. The molecule has 18 heavy (non-hydrogen) atoms. The zero-order chi connectivity index (χ0) is 13.4. The second-order valence-electron chi connectivity index (χ2n) is 3.63. The summed E-state index contributed by atoms with van der Waals surface area (Å²) in [4.78, 5) is 27.3. The van der Waals surface area contributed by atoms with E-state index in [2.05, 4.69) is 15.5 Å². The number of nitrogens with one attached hydrogen (secondary N) is 1. The van der Waals surface area contributed by atoms with Gasteiger partial charge in [-0.15, -0.1) is 0 Å². The van der Waals surface area contributed by atoms with E-state index in [0.29, 0.717) is 31.8 Å². The van der Waals surface area contributed by atoms with Crippen LogP contribution in [-0.4, -0.2) is 51.8 Å². The van der Waals surface area contributed by atoms with Gasteiger partial charge in [-0.05, 0) is 6.42 Å². The molecular weight excluding hydrogens is 240 g/mol. The van der Waals surface area contributed by atoms with Crippen molar-refractivity contribution in [1.82, 2.24) is 20.4 Å². The van der Waals surface area contributed by atoms with Gasteiger partial charge in [0.05, 0.1) is 0 Å². The summed E-state index contributed by atoms with van der Waals surface area (Å²) in [5.41, 5.74) is 0. The highest BCUT2D eigenvalue weighted by Gasteiger charge is 2.15. The second-order valence-corrected chi connectivity index (χ2v) is 3.63. The van der Waals surface area contributed by atoms with Crippen LogP contribution in [0.3, 0.4) is 0 Å². The maximum atomic E-state index is 11.7. The lowest BCUT2D eigenvalue weighted by Gasteiger charge is -2.20. The summed E-state index contributed by atoms with van der Waals surface area (Å²) in [7, 11) is 0. The van der Waals surface area contributed by atoms with Crippen molar-refractivity contribution in [3.05, 3.63) is 12.2 Å². The van der Waals surface area contributed by atoms with Crippen LogP contribution in [0.2, 0.25) is 0 Å². The summed E-state index contributed by atoms with van der Waals surface area (Å²) >= 11 is 0. The van der Waals surface area contributed by atoms with E-state index in [1.807, 2.05) is 6.92 Å². The molecule has 1 aromatic heterocycles. The molecule has 8 heteroatoms. The number of carboxylic acid groups (broad SMARTS) is 1. The van der Waals surface area contributed by atoms with Gasteiger partial charge in [-0.1, -0.05) is 12.1 Å². The number of hydrogen-bond donors (Lipinski definition) is 2. The third-order valence-corrected chi connectivity index (χ3v) is 2.13. The predicted octanol–water partition coefficient (Wildman–Crippen LogP) is 0.118. The number of aliphatic carboxylic acids is 1. The number of hydrogen-bond acceptors (Lipinski definition) is 5. The number of urea groups is 1. The maximum absolute atomic E-state index is 11.7. The van der Waals surface area contributed by atoms with Gasteiger partial charge in [0, 0.05) is 19.5 Å². The van der Waals surface area contributed by atoms with Gasteiger partial charge in [0.15, 0.2) is 6.33 Å². The molecule has 1 heterocycles. The van der Waals surface area contributed by atoms with Crippen LogP contribution in [0.1, 0.15) is 19.2 Å². The normalized spacial score (nSPS) is 10.1.